The van der Waals surface area contributed by atoms with Gasteiger partial charge in [0.1, 0.15) is 0 Å². The van der Waals surface area contributed by atoms with Crippen LogP contribution in [0, 0.1) is 0 Å². The van der Waals surface area contributed by atoms with Gasteiger partial charge in [-0.15, -0.1) is 23.7 Å². The Hall–Kier alpha value is -1.11. The molecule has 21 heavy (non-hydrogen) atoms. The molecule has 2 rings (SSSR count). The van der Waals surface area contributed by atoms with Gasteiger partial charge in [-0.05, 0) is 32.0 Å². The summed E-state index contributed by atoms with van der Waals surface area (Å²) in [6.07, 6.45) is 2.17. The van der Waals surface area contributed by atoms with Crippen LogP contribution in [0.15, 0.2) is 12.1 Å². The number of halogens is 1. The van der Waals surface area contributed by atoms with Crippen molar-refractivity contribution in [3.63, 3.8) is 0 Å². The van der Waals surface area contributed by atoms with Crippen molar-refractivity contribution in [2.24, 2.45) is 0 Å². The van der Waals surface area contributed by atoms with Crippen molar-refractivity contribution in [1.82, 2.24) is 15.5 Å². The Kier molecular flexibility index (Phi) is 7.14. The maximum absolute atomic E-state index is 12.4. The predicted molar refractivity (Wildman–Crippen MR) is 87.1 cm³/mol. The molecule has 7 heteroatoms. The number of carbonyl (C=O) groups excluding carboxylic acids is 2. The molecule has 1 fully saturated rings. The molecule has 2 heterocycles. The van der Waals surface area contributed by atoms with Crippen molar-refractivity contribution in [1.29, 1.82) is 0 Å². The Morgan fingerprint density at radius 3 is 2.86 bits per heavy atom. The summed E-state index contributed by atoms with van der Waals surface area (Å²) in [4.78, 5) is 27.0. The number of likely N-dealkylation sites (tertiary alicyclic amines) is 1. The van der Waals surface area contributed by atoms with Crippen molar-refractivity contribution in [2.45, 2.75) is 32.4 Å². The molecule has 2 N–H and O–H groups in total. The molecule has 0 aromatic carbocycles. The minimum Gasteiger partial charge on any atom is -0.351 e. The molecule has 1 aliphatic rings. The molecular formula is C14H22ClN3O2S. The van der Waals surface area contributed by atoms with Gasteiger partial charge in [0.25, 0.3) is 5.91 Å². The summed E-state index contributed by atoms with van der Waals surface area (Å²) in [5, 5.41) is 5.99. The van der Waals surface area contributed by atoms with Gasteiger partial charge in [-0.1, -0.05) is 0 Å². The maximum atomic E-state index is 12.4. The molecule has 5 nitrogen and oxygen atoms in total. The van der Waals surface area contributed by atoms with Crippen LogP contribution in [0.3, 0.4) is 0 Å². The van der Waals surface area contributed by atoms with E-state index in [2.05, 4.69) is 10.6 Å². The molecule has 0 saturated carbocycles. The zero-order valence-electron chi connectivity index (χ0n) is 12.3. The lowest BCUT2D eigenvalue weighted by molar-refractivity contribution is -0.119. The second-order valence-electron chi connectivity index (χ2n) is 5.05. The molecule has 0 aliphatic carbocycles. The molecule has 1 atom stereocenters. The predicted octanol–water partition coefficient (Wildman–Crippen LogP) is 1.63. The van der Waals surface area contributed by atoms with Crippen LogP contribution in [0.5, 0.6) is 0 Å². The molecule has 1 saturated heterocycles. The average Bonchev–Trinajstić information content (AvgIpc) is 2.93. The van der Waals surface area contributed by atoms with Crippen LogP contribution in [-0.4, -0.2) is 42.9 Å². The van der Waals surface area contributed by atoms with Gasteiger partial charge in [-0.25, -0.2) is 0 Å². The monoisotopic (exact) mass is 331 g/mol. The Morgan fingerprint density at radius 1 is 1.43 bits per heavy atom. The Labute approximate surface area is 135 Å². The summed E-state index contributed by atoms with van der Waals surface area (Å²) in [5.41, 5.74) is 0. The quantitative estimate of drug-likeness (QED) is 0.881. The number of hydrogen-bond acceptors (Lipinski definition) is 4. The average molecular weight is 332 g/mol. The topological polar surface area (TPSA) is 61.4 Å². The van der Waals surface area contributed by atoms with Crippen LogP contribution in [0.2, 0.25) is 0 Å². The minimum atomic E-state index is -0.0563. The number of nitrogens with zero attached hydrogens (tertiary/aromatic N) is 1. The second kappa shape index (κ2) is 8.36. The number of nitrogens with one attached hydrogen (secondary N) is 2. The van der Waals surface area contributed by atoms with Crippen molar-refractivity contribution in [2.75, 3.05) is 20.1 Å². The van der Waals surface area contributed by atoms with Gasteiger partial charge in [0.15, 0.2) is 0 Å². The third-order valence-electron chi connectivity index (χ3n) is 3.50. The highest BCUT2D eigenvalue weighted by Crippen LogP contribution is 2.20. The van der Waals surface area contributed by atoms with Crippen LogP contribution in [0.25, 0.3) is 0 Å². The standard InChI is InChI=1S/C14H21N3O2S.ClH/c1-10(18)16-8-12-5-6-13(20-12)14(19)17-7-3-4-11(9-17)15-2;/h5-6,11,15H,3-4,7-9H2,1-2H3,(H,16,18);1H. The van der Waals surface area contributed by atoms with E-state index in [1.54, 1.807) is 0 Å². The van der Waals surface area contributed by atoms with E-state index in [1.807, 2.05) is 24.1 Å². The number of carbonyl (C=O) groups is 2. The van der Waals surface area contributed by atoms with E-state index >= 15 is 0 Å². The molecule has 0 radical (unpaired) electrons. The molecule has 1 aromatic heterocycles. The summed E-state index contributed by atoms with van der Waals surface area (Å²) in [6, 6.07) is 4.16. The highest BCUT2D eigenvalue weighted by Gasteiger charge is 2.24. The normalized spacial score (nSPS) is 18.0. The lowest BCUT2D eigenvalue weighted by Crippen LogP contribution is -2.46. The minimum absolute atomic E-state index is 0. The number of piperidine rings is 1. The van der Waals surface area contributed by atoms with Gasteiger partial charge in [0, 0.05) is 30.9 Å². The first-order chi connectivity index (χ1) is 9.60. The first-order valence-corrected chi connectivity index (χ1v) is 7.71. The van der Waals surface area contributed by atoms with Crippen molar-refractivity contribution >= 4 is 35.6 Å². The first kappa shape index (κ1) is 17.9. The summed E-state index contributed by atoms with van der Waals surface area (Å²) in [6.45, 7) is 3.59. The Balaban J connectivity index is 0.00000220. The summed E-state index contributed by atoms with van der Waals surface area (Å²) in [5.74, 6) is 0.0446. The number of amides is 2. The summed E-state index contributed by atoms with van der Waals surface area (Å²) < 4.78 is 0. The maximum Gasteiger partial charge on any atom is 0.263 e. The molecule has 0 bridgehead atoms. The zero-order chi connectivity index (χ0) is 14.5. The fraction of sp³-hybridized carbons (Fsp3) is 0.571. The molecule has 118 valence electrons. The van der Waals surface area contributed by atoms with E-state index in [9.17, 15) is 9.59 Å². The third kappa shape index (κ3) is 4.98. The Morgan fingerprint density at radius 2 is 2.19 bits per heavy atom. The second-order valence-corrected chi connectivity index (χ2v) is 6.22. The van der Waals surface area contributed by atoms with E-state index in [-0.39, 0.29) is 24.2 Å². The lowest BCUT2D eigenvalue weighted by Gasteiger charge is -2.32. The van der Waals surface area contributed by atoms with Crippen molar-refractivity contribution < 1.29 is 9.59 Å². The number of thiophene rings is 1. The smallest absolute Gasteiger partial charge is 0.263 e. The van der Waals surface area contributed by atoms with Gasteiger partial charge in [-0.2, -0.15) is 0 Å². The molecule has 1 aliphatic heterocycles. The fourth-order valence-corrected chi connectivity index (χ4v) is 3.27. The van der Waals surface area contributed by atoms with Gasteiger partial charge in [0.2, 0.25) is 5.91 Å². The van der Waals surface area contributed by atoms with Crippen molar-refractivity contribution in [3.05, 3.63) is 21.9 Å². The van der Waals surface area contributed by atoms with E-state index in [4.69, 9.17) is 0 Å². The number of likely N-dealkylation sites (N-methyl/N-ethyl adjacent to an activating group) is 1. The lowest BCUT2D eigenvalue weighted by atomic mass is 10.1. The summed E-state index contributed by atoms with van der Waals surface area (Å²) in [7, 11) is 1.94. The highest BCUT2D eigenvalue weighted by atomic mass is 35.5. The molecule has 0 spiro atoms. The number of hydrogen-bond donors (Lipinski definition) is 2. The van der Waals surface area contributed by atoms with Crippen LogP contribution in [0.1, 0.15) is 34.3 Å². The van der Waals surface area contributed by atoms with Gasteiger partial charge < -0.3 is 15.5 Å². The van der Waals surface area contributed by atoms with Crippen molar-refractivity contribution in [3.8, 4) is 0 Å². The van der Waals surface area contributed by atoms with Crippen LogP contribution in [0.4, 0.5) is 0 Å². The molecule has 1 aromatic rings. The largest absolute Gasteiger partial charge is 0.351 e. The van der Waals surface area contributed by atoms with E-state index < -0.39 is 0 Å². The summed E-state index contributed by atoms with van der Waals surface area (Å²) >= 11 is 1.46. The van der Waals surface area contributed by atoms with Gasteiger partial charge >= 0.3 is 0 Å². The molecular weight excluding hydrogens is 310 g/mol. The third-order valence-corrected chi connectivity index (χ3v) is 4.57. The van der Waals surface area contributed by atoms with Crippen LogP contribution < -0.4 is 10.6 Å². The van der Waals surface area contributed by atoms with E-state index in [0.717, 1.165) is 35.7 Å². The molecule has 1 unspecified atom stereocenters. The fourth-order valence-electron chi connectivity index (χ4n) is 2.35. The zero-order valence-corrected chi connectivity index (χ0v) is 14.0. The highest BCUT2D eigenvalue weighted by molar-refractivity contribution is 7.14. The number of rotatable bonds is 4. The van der Waals surface area contributed by atoms with Gasteiger partial charge in [0.05, 0.1) is 11.4 Å². The van der Waals surface area contributed by atoms with E-state index in [1.165, 1.54) is 18.3 Å². The molecule has 2 amide bonds. The van der Waals surface area contributed by atoms with Crippen LogP contribution in [-0.2, 0) is 11.3 Å². The SMILES string of the molecule is CNC1CCCN(C(=O)c2ccc(CNC(C)=O)s2)C1.Cl. The van der Waals surface area contributed by atoms with Crippen LogP contribution >= 0.6 is 23.7 Å². The van der Waals surface area contributed by atoms with Gasteiger partial charge in [-0.3, -0.25) is 9.59 Å². The Bertz CT molecular complexity index is 492. The first-order valence-electron chi connectivity index (χ1n) is 6.90. The van der Waals surface area contributed by atoms with E-state index in [0.29, 0.717) is 12.6 Å².